The van der Waals surface area contributed by atoms with E-state index in [0.29, 0.717) is 12.3 Å². The van der Waals surface area contributed by atoms with Crippen LogP contribution in [0.25, 0.3) is 0 Å². The third-order valence-electron chi connectivity index (χ3n) is 1.89. The minimum Gasteiger partial charge on any atom is -0.494 e. The highest BCUT2D eigenvalue weighted by Crippen LogP contribution is 2.22. The van der Waals surface area contributed by atoms with Crippen LogP contribution in [0.15, 0.2) is 18.2 Å². The average molecular weight is 228 g/mol. The molecule has 0 atom stereocenters. The number of amides is 1. The fourth-order valence-electron chi connectivity index (χ4n) is 1.18. The van der Waals surface area contributed by atoms with E-state index in [2.05, 4.69) is 5.32 Å². The molecular weight excluding hydrogens is 214 g/mol. The molecule has 0 aromatic heterocycles. The molecule has 1 aromatic carbocycles. The molecular formula is C11H14ClNO2. The summed E-state index contributed by atoms with van der Waals surface area (Å²) in [6, 6.07) is 5.51. The summed E-state index contributed by atoms with van der Waals surface area (Å²) in [5.41, 5.74) is 1.75. The maximum absolute atomic E-state index is 11.1. The van der Waals surface area contributed by atoms with Gasteiger partial charge in [0.1, 0.15) is 11.6 Å². The quantitative estimate of drug-likeness (QED) is 0.803. The van der Waals surface area contributed by atoms with Gasteiger partial charge in [-0.05, 0) is 25.5 Å². The molecule has 1 amide bonds. The zero-order chi connectivity index (χ0) is 11.3. The predicted molar refractivity (Wildman–Crippen MR) is 61.7 cm³/mol. The van der Waals surface area contributed by atoms with Crippen LogP contribution in [0.1, 0.15) is 12.5 Å². The number of aryl methyl sites for hydroxylation is 1. The van der Waals surface area contributed by atoms with E-state index in [1.165, 1.54) is 0 Å². The monoisotopic (exact) mass is 227 g/mol. The molecule has 1 N–H and O–H groups in total. The first-order chi connectivity index (χ1) is 7.17. The number of ether oxygens (including phenoxy) is 1. The summed E-state index contributed by atoms with van der Waals surface area (Å²) in [5, 5.41) is 2.67. The van der Waals surface area contributed by atoms with Crippen LogP contribution < -0.4 is 10.1 Å². The predicted octanol–water partition coefficient (Wildman–Crippen LogP) is 2.57. The van der Waals surface area contributed by atoms with Crippen LogP contribution in [0.3, 0.4) is 0 Å². The fourth-order valence-corrected chi connectivity index (χ4v) is 1.25. The Morgan fingerprint density at radius 2 is 2.27 bits per heavy atom. The molecule has 0 unspecified atom stereocenters. The highest BCUT2D eigenvalue weighted by Gasteiger charge is 2.03. The van der Waals surface area contributed by atoms with E-state index in [1.807, 2.05) is 26.0 Å². The second-order valence-electron chi connectivity index (χ2n) is 3.10. The van der Waals surface area contributed by atoms with E-state index >= 15 is 0 Å². The van der Waals surface area contributed by atoms with Gasteiger partial charge in [0.15, 0.2) is 0 Å². The molecule has 3 nitrogen and oxygen atoms in total. The Balaban J connectivity index is 2.82. The summed E-state index contributed by atoms with van der Waals surface area (Å²) in [4.78, 5) is 11.1. The van der Waals surface area contributed by atoms with Gasteiger partial charge in [0.05, 0.1) is 6.61 Å². The molecule has 0 spiro atoms. The number of hydrogen-bond acceptors (Lipinski definition) is 2. The average Bonchev–Trinajstić information content (AvgIpc) is 2.23. The van der Waals surface area contributed by atoms with Crippen molar-refractivity contribution < 1.29 is 9.53 Å². The Labute approximate surface area is 94.4 Å². The van der Waals surface area contributed by atoms with E-state index in [4.69, 9.17) is 16.3 Å². The Morgan fingerprint density at radius 1 is 1.53 bits per heavy atom. The number of anilines is 1. The van der Waals surface area contributed by atoms with Crippen molar-refractivity contribution in [1.29, 1.82) is 0 Å². The van der Waals surface area contributed by atoms with Crippen LogP contribution in [0.2, 0.25) is 0 Å². The first-order valence-corrected chi connectivity index (χ1v) is 5.30. The summed E-state index contributed by atoms with van der Waals surface area (Å²) in [6.07, 6.45) is 0. The molecule has 1 aromatic rings. The van der Waals surface area contributed by atoms with Crippen molar-refractivity contribution in [2.75, 3.05) is 17.8 Å². The molecule has 0 radical (unpaired) electrons. The number of benzene rings is 1. The summed E-state index contributed by atoms with van der Waals surface area (Å²) in [5.74, 6) is 0.519. The summed E-state index contributed by atoms with van der Waals surface area (Å²) in [7, 11) is 0. The Kier molecular flexibility index (Phi) is 4.43. The molecule has 0 aliphatic heterocycles. The number of nitrogens with one attached hydrogen (secondary N) is 1. The molecule has 1 rings (SSSR count). The number of carbonyl (C=O) groups is 1. The lowest BCUT2D eigenvalue weighted by molar-refractivity contribution is -0.113. The van der Waals surface area contributed by atoms with Crippen LogP contribution >= 0.6 is 11.6 Å². The van der Waals surface area contributed by atoms with Crippen LogP contribution in [0.4, 0.5) is 5.69 Å². The standard InChI is InChI=1S/C11H14ClNO2/c1-3-15-10-6-9(5-4-8(10)2)13-11(14)7-12/h4-6H,3,7H2,1-2H3,(H,13,14). The molecule has 0 bridgehead atoms. The molecule has 0 aliphatic rings. The topological polar surface area (TPSA) is 38.3 Å². The molecule has 82 valence electrons. The van der Waals surface area contributed by atoms with Gasteiger partial charge >= 0.3 is 0 Å². The Bertz CT molecular complexity index is 352. The van der Waals surface area contributed by atoms with Gasteiger partial charge in [0, 0.05) is 11.8 Å². The smallest absolute Gasteiger partial charge is 0.239 e. The first kappa shape index (κ1) is 11.9. The normalized spacial score (nSPS) is 9.80. The van der Waals surface area contributed by atoms with Gasteiger partial charge < -0.3 is 10.1 Å². The van der Waals surface area contributed by atoms with Crippen molar-refractivity contribution in [3.63, 3.8) is 0 Å². The highest BCUT2D eigenvalue weighted by atomic mass is 35.5. The van der Waals surface area contributed by atoms with Gasteiger partial charge in [0.2, 0.25) is 5.91 Å². The maximum atomic E-state index is 11.1. The third-order valence-corrected chi connectivity index (χ3v) is 2.14. The van der Waals surface area contributed by atoms with Crippen molar-refractivity contribution in [2.45, 2.75) is 13.8 Å². The van der Waals surface area contributed by atoms with Crippen LogP contribution in [0.5, 0.6) is 5.75 Å². The van der Waals surface area contributed by atoms with Gasteiger partial charge in [0.25, 0.3) is 0 Å². The lowest BCUT2D eigenvalue weighted by Gasteiger charge is -2.09. The van der Waals surface area contributed by atoms with E-state index in [1.54, 1.807) is 6.07 Å². The van der Waals surface area contributed by atoms with Crippen molar-refractivity contribution in [2.24, 2.45) is 0 Å². The maximum Gasteiger partial charge on any atom is 0.239 e. The van der Waals surface area contributed by atoms with Gasteiger partial charge in [-0.3, -0.25) is 4.79 Å². The number of halogens is 1. The lowest BCUT2D eigenvalue weighted by Crippen LogP contribution is -2.12. The number of rotatable bonds is 4. The molecule has 15 heavy (non-hydrogen) atoms. The van der Waals surface area contributed by atoms with Gasteiger partial charge in [-0.15, -0.1) is 11.6 Å². The minimum absolute atomic E-state index is 0.0438. The molecule has 4 heteroatoms. The second-order valence-corrected chi connectivity index (χ2v) is 3.36. The Morgan fingerprint density at radius 3 is 2.87 bits per heavy atom. The molecule has 0 saturated carbocycles. The van der Waals surface area contributed by atoms with Crippen LogP contribution in [-0.4, -0.2) is 18.4 Å². The zero-order valence-corrected chi connectivity index (χ0v) is 9.60. The largest absolute Gasteiger partial charge is 0.494 e. The first-order valence-electron chi connectivity index (χ1n) is 4.76. The zero-order valence-electron chi connectivity index (χ0n) is 8.84. The van der Waals surface area contributed by atoms with E-state index < -0.39 is 0 Å². The molecule has 0 fully saturated rings. The van der Waals surface area contributed by atoms with Gasteiger partial charge in [-0.25, -0.2) is 0 Å². The minimum atomic E-state index is -0.219. The van der Waals surface area contributed by atoms with Crippen molar-refractivity contribution in [3.8, 4) is 5.75 Å². The number of alkyl halides is 1. The van der Waals surface area contributed by atoms with Gasteiger partial charge in [-0.2, -0.15) is 0 Å². The SMILES string of the molecule is CCOc1cc(NC(=O)CCl)ccc1C. The van der Waals surface area contributed by atoms with E-state index in [9.17, 15) is 4.79 Å². The van der Waals surface area contributed by atoms with E-state index in [0.717, 1.165) is 11.3 Å². The summed E-state index contributed by atoms with van der Waals surface area (Å²) >= 11 is 5.39. The fraction of sp³-hybridized carbons (Fsp3) is 0.364. The molecule has 0 heterocycles. The number of hydrogen-bond donors (Lipinski definition) is 1. The molecule has 0 aliphatic carbocycles. The second kappa shape index (κ2) is 5.61. The number of carbonyl (C=O) groups excluding carboxylic acids is 1. The third kappa shape index (κ3) is 3.44. The lowest BCUT2D eigenvalue weighted by atomic mass is 10.2. The summed E-state index contributed by atoms with van der Waals surface area (Å²) in [6.45, 7) is 4.48. The Hall–Kier alpha value is -1.22. The van der Waals surface area contributed by atoms with Crippen molar-refractivity contribution >= 4 is 23.2 Å². The van der Waals surface area contributed by atoms with Crippen molar-refractivity contribution in [3.05, 3.63) is 23.8 Å². The van der Waals surface area contributed by atoms with Crippen LogP contribution in [-0.2, 0) is 4.79 Å². The van der Waals surface area contributed by atoms with E-state index in [-0.39, 0.29) is 11.8 Å². The highest BCUT2D eigenvalue weighted by molar-refractivity contribution is 6.29. The van der Waals surface area contributed by atoms with Gasteiger partial charge in [-0.1, -0.05) is 6.07 Å². The summed E-state index contributed by atoms with van der Waals surface area (Å²) < 4.78 is 5.41. The van der Waals surface area contributed by atoms with Crippen LogP contribution in [0, 0.1) is 6.92 Å². The van der Waals surface area contributed by atoms with Crippen molar-refractivity contribution in [1.82, 2.24) is 0 Å². The molecule has 0 saturated heterocycles.